The van der Waals surface area contributed by atoms with Gasteiger partial charge in [0.25, 0.3) is 19.9 Å². The van der Waals surface area contributed by atoms with Crippen LogP contribution in [0.5, 0.6) is 0 Å². The summed E-state index contributed by atoms with van der Waals surface area (Å²) in [6, 6.07) is 13.6. The van der Waals surface area contributed by atoms with E-state index in [1.807, 2.05) is 0 Å². The number of carbonyl (C=O) groups is 1. The highest BCUT2D eigenvalue weighted by Gasteiger charge is 2.39. The molecular formula is C14H11N3O5S2. The fraction of sp³-hybridized carbons (Fsp3) is 0. The van der Waals surface area contributed by atoms with Crippen molar-refractivity contribution >= 4 is 30.8 Å². The predicted molar refractivity (Wildman–Crippen MR) is 84.0 cm³/mol. The summed E-state index contributed by atoms with van der Waals surface area (Å²) in [6.07, 6.45) is 0. The molecule has 0 fully saturated rings. The van der Waals surface area contributed by atoms with Crippen molar-refractivity contribution in [3.8, 4) is 0 Å². The van der Waals surface area contributed by atoms with Crippen LogP contribution in [0.15, 0.2) is 70.5 Å². The van der Waals surface area contributed by atoms with Gasteiger partial charge in [-0.3, -0.25) is 4.79 Å². The molecule has 2 aromatic rings. The molecule has 24 heavy (non-hydrogen) atoms. The third kappa shape index (κ3) is 3.57. The Balaban J connectivity index is 2.37. The molecule has 0 saturated heterocycles. The summed E-state index contributed by atoms with van der Waals surface area (Å²) >= 11 is 0. The van der Waals surface area contributed by atoms with Gasteiger partial charge in [-0.1, -0.05) is 36.4 Å². The Morgan fingerprint density at radius 1 is 0.833 bits per heavy atom. The second-order valence-electron chi connectivity index (χ2n) is 4.47. The Labute approximate surface area is 138 Å². The van der Waals surface area contributed by atoms with Crippen molar-refractivity contribution in [2.45, 2.75) is 9.79 Å². The number of carbonyl (C=O) groups excluding carboxylic acids is 1. The number of hydrogen-bond acceptors (Lipinski definition) is 5. The second kappa shape index (κ2) is 6.75. The molecule has 0 radical (unpaired) electrons. The molecule has 0 aliphatic rings. The Morgan fingerprint density at radius 2 is 1.29 bits per heavy atom. The lowest BCUT2D eigenvalue weighted by molar-refractivity contribution is -0.116. The third-order valence-electron chi connectivity index (χ3n) is 2.87. The maximum atomic E-state index is 12.3. The van der Waals surface area contributed by atoms with Gasteiger partial charge >= 0.3 is 11.0 Å². The Kier molecular flexibility index (Phi) is 4.93. The zero-order chi connectivity index (χ0) is 17.8. The molecule has 10 heteroatoms. The minimum atomic E-state index is -4.48. The van der Waals surface area contributed by atoms with E-state index in [4.69, 9.17) is 5.53 Å². The lowest BCUT2D eigenvalue weighted by atomic mass is 10.4. The van der Waals surface area contributed by atoms with Crippen LogP contribution in [0.25, 0.3) is 5.53 Å². The van der Waals surface area contributed by atoms with Crippen LogP contribution in [0, 0.1) is 0 Å². The zero-order valence-electron chi connectivity index (χ0n) is 12.0. The summed E-state index contributed by atoms with van der Waals surface area (Å²) in [5, 5.41) is -1.33. The van der Waals surface area contributed by atoms with Crippen LogP contribution in [-0.4, -0.2) is 32.6 Å². The summed E-state index contributed by atoms with van der Waals surface area (Å²) in [6.45, 7) is 0. The molecule has 0 aromatic heterocycles. The number of nitrogens with one attached hydrogen (secondary N) is 1. The van der Waals surface area contributed by atoms with Crippen LogP contribution in [0.4, 0.5) is 0 Å². The molecule has 0 spiro atoms. The summed E-state index contributed by atoms with van der Waals surface area (Å²) in [7, 11) is -8.79. The van der Waals surface area contributed by atoms with Gasteiger partial charge in [0.1, 0.15) is 0 Å². The van der Waals surface area contributed by atoms with E-state index in [1.54, 1.807) is 16.9 Å². The summed E-state index contributed by atoms with van der Waals surface area (Å²) in [4.78, 5) is 13.9. The highest BCUT2D eigenvalue weighted by Crippen LogP contribution is 2.12. The Bertz CT molecular complexity index is 1010. The van der Waals surface area contributed by atoms with E-state index in [9.17, 15) is 21.6 Å². The molecule has 2 rings (SSSR count). The van der Waals surface area contributed by atoms with Crippen LogP contribution in [0.2, 0.25) is 0 Å². The molecule has 0 unspecified atom stereocenters. The fourth-order valence-corrected chi connectivity index (χ4v) is 3.94. The average Bonchev–Trinajstić information content (AvgIpc) is 2.56. The molecule has 0 saturated carbocycles. The highest BCUT2D eigenvalue weighted by atomic mass is 32.2. The fourth-order valence-electron chi connectivity index (χ4n) is 1.76. The molecule has 8 nitrogen and oxygen atoms in total. The Hall–Kier alpha value is -2.81. The van der Waals surface area contributed by atoms with E-state index >= 15 is 0 Å². The first-order valence-corrected chi connectivity index (χ1v) is 9.40. The standard InChI is InChI=1S/C14H11N3O5S2/c15-16-14(23(19,20)11-7-3-1-4-8-11)13(18)17-24(21,22)12-9-5-2-6-10-12/h1-10H,(H,17,18). The van der Waals surface area contributed by atoms with Gasteiger partial charge in [0.05, 0.1) is 9.79 Å². The number of benzene rings is 2. The quantitative estimate of drug-likeness (QED) is 0.368. The van der Waals surface area contributed by atoms with Crippen molar-refractivity contribution in [1.29, 1.82) is 0 Å². The van der Waals surface area contributed by atoms with Gasteiger partial charge in [-0.2, -0.15) is 0 Å². The monoisotopic (exact) mass is 365 g/mol. The van der Waals surface area contributed by atoms with Crippen molar-refractivity contribution in [1.82, 2.24) is 4.72 Å². The third-order valence-corrected chi connectivity index (χ3v) is 5.89. The second-order valence-corrected chi connectivity index (χ2v) is 8.02. The van der Waals surface area contributed by atoms with E-state index < -0.39 is 30.8 Å². The molecule has 124 valence electrons. The molecule has 2 aromatic carbocycles. The molecule has 0 aliphatic heterocycles. The molecule has 1 amide bonds. The van der Waals surface area contributed by atoms with Gasteiger partial charge < -0.3 is 5.53 Å². The average molecular weight is 365 g/mol. The van der Waals surface area contributed by atoms with Crippen LogP contribution < -0.4 is 4.72 Å². The van der Waals surface area contributed by atoms with Crippen molar-refractivity contribution < 1.29 is 26.4 Å². The van der Waals surface area contributed by atoms with Crippen LogP contribution in [-0.2, 0) is 24.7 Å². The van der Waals surface area contributed by atoms with Crippen LogP contribution in [0.1, 0.15) is 0 Å². The minimum absolute atomic E-state index is 0.243. The molecule has 0 bridgehead atoms. The summed E-state index contributed by atoms with van der Waals surface area (Å²) in [5.74, 6) is -1.56. The van der Waals surface area contributed by atoms with E-state index in [0.29, 0.717) is 0 Å². The van der Waals surface area contributed by atoms with Gasteiger partial charge in [0.2, 0.25) is 0 Å². The summed E-state index contributed by atoms with van der Waals surface area (Å²) in [5.41, 5.74) is 8.91. The molecule has 0 heterocycles. The normalized spacial score (nSPS) is 11.3. The van der Waals surface area contributed by atoms with Crippen molar-refractivity contribution in [2.24, 2.45) is 0 Å². The Morgan fingerprint density at radius 3 is 1.75 bits per heavy atom. The van der Waals surface area contributed by atoms with Gasteiger partial charge in [0, 0.05) is 0 Å². The summed E-state index contributed by atoms with van der Waals surface area (Å²) < 4.78 is 50.3. The number of sulfonamides is 1. The lowest BCUT2D eigenvalue weighted by Gasteiger charge is -2.05. The van der Waals surface area contributed by atoms with Crippen LogP contribution >= 0.6 is 0 Å². The van der Waals surface area contributed by atoms with Gasteiger partial charge in [-0.15, -0.1) is 4.79 Å². The molecule has 0 aliphatic carbocycles. The topological polar surface area (TPSA) is 134 Å². The van der Waals surface area contributed by atoms with E-state index in [1.165, 1.54) is 48.5 Å². The first-order chi connectivity index (χ1) is 11.3. The van der Waals surface area contributed by atoms with Crippen molar-refractivity contribution in [2.75, 3.05) is 0 Å². The number of rotatable bonds is 3. The number of amides is 1. The predicted octanol–water partition coefficient (Wildman–Crippen LogP) is 0.594. The van der Waals surface area contributed by atoms with Crippen LogP contribution in [0.3, 0.4) is 0 Å². The smallest absolute Gasteiger partial charge is 0.360 e. The van der Waals surface area contributed by atoms with Gasteiger partial charge in [-0.25, -0.2) is 21.6 Å². The zero-order valence-corrected chi connectivity index (χ0v) is 13.7. The lowest BCUT2D eigenvalue weighted by Crippen LogP contribution is -2.40. The molecule has 0 atom stereocenters. The van der Waals surface area contributed by atoms with Gasteiger partial charge in [0.15, 0.2) is 0 Å². The largest absolute Gasteiger partial charge is 0.474 e. The number of sulfone groups is 1. The first kappa shape index (κ1) is 17.5. The first-order valence-electron chi connectivity index (χ1n) is 6.43. The maximum Gasteiger partial charge on any atom is 0.474 e. The number of hydrogen-bond donors (Lipinski definition) is 1. The number of nitrogens with zero attached hydrogens (tertiary/aromatic N) is 2. The minimum Gasteiger partial charge on any atom is -0.360 e. The molecular weight excluding hydrogens is 354 g/mol. The molecule has 1 N–H and O–H groups in total. The van der Waals surface area contributed by atoms with E-state index in [-0.39, 0.29) is 9.79 Å². The maximum absolute atomic E-state index is 12.3. The van der Waals surface area contributed by atoms with Crippen molar-refractivity contribution in [3.05, 3.63) is 66.2 Å². The highest BCUT2D eigenvalue weighted by molar-refractivity contribution is 8.08. The van der Waals surface area contributed by atoms with E-state index in [0.717, 1.165) is 0 Å². The SMILES string of the molecule is [N-]=[N+]=C(C(=O)NS(=O)(=O)c1ccccc1)S(=O)(=O)c1ccccc1. The van der Waals surface area contributed by atoms with Crippen molar-refractivity contribution in [3.63, 3.8) is 0 Å². The van der Waals surface area contributed by atoms with E-state index in [2.05, 4.69) is 4.79 Å². The van der Waals surface area contributed by atoms with Gasteiger partial charge in [-0.05, 0) is 24.3 Å².